The Kier molecular flexibility index (Phi) is 3.30. The summed E-state index contributed by atoms with van der Waals surface area (Å²) >= 11 is 0. The number of hydrogen-bond donors (Lipinski definition) is 2. The molecule has 0 aliphatic carbocycles. The molecule has 114 valence electrons. The lowest BCUT2D eigenvalue weighted by Crippen LogP contribution is -2.44. The van der Waals surface area contributed by atoms with Crippen molar-refractivity contribution in [2.75, 3.05) is 7.05 Å². The van der Waals surface area contributed by atoms with Gasteiger partial charge in [0.1, 0.15) is 5.82 Å². The molecule has 3 heterocycles. The van der Waals surface area contributed by atoms with E-state index in [1.54, 1.807) is 23.8 Å². The summed E-state index contributed by atoms with van der Waals surface area (Å²) in [5.41, 5.74) is 0. The average Bonchev–Trinajstić information content (AvgIpc) is 3.12. The fourth-order valence-corrected chi connectivity index (χ4v) is 3.49. The number of aryl methyl sites for hydroxylation is 1. The summed E-state index contributed by atoms with van der Waals surface area (Å²) < 4.78 is 0. The molecule has 2 bridgehead atoms. The molecular weight excluding hydrogens is 274 g/mol. The van der Waals surface area contributed by atoms with Gasteiger partial charge in [0, 0.05) is 19.1 Å². The molecule has 2 aliphatic rings. The number of carbonyl (C=O) groups excluding carboxylic acids is 1. The van der Waals surface area contributed by atoms with E-state index < -0.39 is 11.9 Å². The molecule has 2 aliphatic heterocycles. The molecule has 0 radical (unpaired) electrons. The Morgan fingerprint density at radius 1 is 1.48 bits per heavy atom. The van der Waals surface area contributed by atoms with Crippen LogP contribution in [0.15, 0.2) is 0 Å². The number of hydrogen-bond acceptors (Lipinski definition) is 4. The minimum atomic E-state index is -0.799. The molecule has 0 saturated carbocycles. The maximum atomic E-state index is 12.6. The highest BCUT2D eigenvalue weighted by atomic mass is 16.4. The minimum Gasteiger partial charge on any atom is -0.481 e. The Hall–Kier alpha value is -2.12. The lowest BCUT2D eigenvalue weighted by Gasteiger charge is -2.28. The van der Waals surface area contributed by atoms with Crippen LogP contribution in [0.1, 0.15) is 30.9 Å². The second kappa shape index (κ2) is 5.01. The number of carboxylic acid groups (broad SMARTS) is 1. The van der Waals surface area contributed by atoms with Gasteiger partial charge >= 0.3 is 12.0 Å². The van der Waals surface area contributed by atoms with Crippen molar-refractivity contribution in [3.63, 3.8) is 0 Å². The first-order valence-corrected chi connectivity index (χ1v) is 7.11. The summed E-state index contributed by atoms with van der Waals surface area (Å²) in [7, 11) is 1.70. The fourth-order valence-electron chi connectivity index (χ4n) is 3.49. The summed E-state index contributed by atoms with van der Waals surface area (Å²) in [4.78, 5) is 31.3. The highest BCUT2D eigenvalue weighted by molar-refractivity contribution is 5.79. The van der Waals surface area contributed by atoms with E-state index in [0.717, 1.165) is 12.8 Å². The number of rotatable bonds is 3. The maximum Gasteiger partial charge on any atom is 0.320 e. The highest BCUT2D eigenvalue weighted by Gasteiger charge is 2.51. The standard InChI is InChI=1S/C13H19N5O3/c1-7-14-11(16-15-7)6-17(2)13(21)18-8-3-4-10(18)9(5-8)12(19)20/h8-10H,3-6H2,1-2H3,(H,19,20)(H,14,15,16). The van der Waals surface area contributed by atoms with Gasteiger partial charge in [-0.25, -0.2) is 9.78 Å². The third-order valence-electron chi connectivity index (χ3n) is 4.42. The van der Waals surface area contributed by atoms with Crippen molar-refractivity contribution in [1.82, 2.24) is 25.0 Å². The second-order valence-corrected chi connectivity index (χ2v) is 5.86. The zero-order valence-electron chi connectivity index (χ0n) is 12.1. The molecule has 2 saturated heterocycles. The second-order valence-electron chi connectivity index (χ2n) is 5.86. The van der Waals surface area contributed by atoms with Crippen LogP contribution in [-0.2, 0) is 11.3 Å². The first kappa shape index (κ1) is 13.8. The van der Waals surface area contributed by atoms with Gasteiger partial charge in [-0.3, -0.25) is 9.89 Å². The molecule has 0 aromatic carbocycles. The summed E-state index contributed by atoms with van der Waals surface area (Å²) in [6.45, 7) is 2.12. The van der Waals surface area contributed by atoms with Gasteiger partial charge < -0.3 is 14.9 Å². The van der Waals surface area contributed by atoms with Gasteiger partial charge in [-0.1, -0.05) is 0 Å². The number of nitrogens with zero attached hydrogens (tertiary/aromatic N) is 4. The molecule has 21 heavy (non-hydrogen) atoms. The van der Waals surface area contributed by atoms with Crippen LogP contribution in [0.3, 0.4) is 0 Å². The first-order valence-electron chi connectivity index (χ1n) is 7.11. The number of nitrogens with one attached hydrogen (secondary N) is 1. The molecule has 1 aromatic heterocycles. The van der Waals surface area contributed by atoms with E-state index in [2.05, 4.69) is 15.2 Å². The largest absolute Gasteiger partial charge is 0.481 e. The normalized spacial score (nSPS) is 27.1. The van der Waals surface area contributed by atoms with Crippen LogP contribution in [0.25, 0.3) is 0 Å². The predicted molar refractivity (Wildman–Crippen MR) is 72.4 cm³/mol. The van der Waals surface area contributed by atoms with Crippen molar-refractivity contribution in [1.29, 1.82) is 0 Å². The molecule has 8 heteroatoms. The maximum absolute atomic E-state index is 12.6. The Morgan fingerprint density at radius 3 is 2.81 bits per heavy atom. The number of aromatic amines is 1. The number of carboxylic acids is 1. The SMILES string of the molecule is Cc1nc(CN(C)C(=O)N2C3CCC2C(C(=O)O)C3)n[nH]1. The van der Waals surface area contributed by atoms with Gasteiger partial charge in [-0.05, 0) is 26.2 Å². The van der Waals surface area contributed by atoms with Crippen LogP contribution in [0.5, 0.6) is 0 Å². The van der Waals surface area contributed by atoms with E-state index in [-0.39, 0.29) is 18.1 Å². The zero-order valence-corrected chi connectivity index (χ0v) is 12.1. The van der Waals surface area contributed by atoms with Crippen molar-refractivity contribution < 1.29 is 14.7 Å². The Morgan fingerprint density at radius 2 is 2.24 bits per heavy atom. The third-order valence-corrected chi connectivity index (χ3v) is 4.42. The Balaban J connectivity index is 1.69. The first-order chi connectivity index (χ1) is 9.97. The fraction of sp³-hybridized carbons (Fsp3) is 0.692. The van der Waals surface area contributed by atoms with Gasteiger partial charge in [-0.15, -0.1) is 0 Å². The van der Waals surface area contributed by atoms with Gasteiger partial charge in [0.15, 0.2) is 5.82 Å². The van der Waals surface area contributed by atoms with Gasteiger partial charge in [0.25, 0.3) is 0 Å². The van der Waals surface area contributed by atoms with Crippen molar-refractivity contribution in [3.8, 4) is 0 Å². The highest BCUT2D eigenvalue weighted by Crippen LogP contribution is 2.42. The van der Waals surface area contributed by atoms with Crippen molar-refractivity contribution in [2.45, 2.75) is 44.8 Å². The minimum absolute atomic E-state index is 0.0555. The summed E-state index contributed by atoms with van der Waals surface area (Å²) in [6, 6.07) is -0.245. The Bertz CT molecular complexity index is 572. The molecule has 0 spiro atoms. The molecule has 8 nitrogen and oxygen atoms in total. The quantitative estimate of drug-likeness (QED) is 0.849. The molecule has 2 fully saturated rings. The van der Waals surface area contributed by atoms with Crippen LogP contribution >= 0.6 is 0 Å². The van der Waals surface area contributed by atoms with E-state index in [4.69, 9.17) is 0 Å². The molecule has 1 aromatic rings. The molecule has 3 rings (SSSR count). The van der Waals surface area contributed by atoms with Crippen LogP contribution in [-0.4, -0.2) is 61.2 Å². The van der Waals surface area contributed by atoms with Gasteiger partial charge in [0.2, 0.25) is 0 Å². The predicted octanol–water partition coefficient (Wildman–Crippen LogP) is 0.602. The average molecular weight is 293 g/mol. The lowest BCUT2D eigenvalue weighted by molar-refractivity contribution is -0.142. The van der Waals surface area contributed by atoms with Crippen LogP contribution < -0.4 is 0 Å². The number of urea groups is 1. The molecule has 2 N–H and O–H groups in total. The molecular formula is C13H19N5O3. The summed E-state index contributed by atoms with van der Waals surface area (Å²) in [5, 5.41) is 16.0. The van der Waals surface area contributed by atoms with Gasteiger partial charge in [0.05, 0.1) is 12.5 Å². The number of H-pyrrole nitrogens is 1. The van der Waals surface area contributed by atoms with E-state index in [1.807, 2.05) is 0 Å². The number of carbonyl (C=O) groups is 2. The zero-order chi connectivity index (χ0) is 15.1. The van der Waals surface area contributed by atoms with Crippen LogP contribution in [0.4, 0.5) is 4.79 Å². The topological polar surface area (TPSA) is 102 Å². The van der Waals surface area contributed by atoms with E-state index in [0.29, 0.717) is 24.6 Å². The van der Waals surface area contributed by atoms with Crippen LogP contribution in [0, 0.1) is 12.8 Å². The third kappa shape index (κ3) is 2.34. The van der Waals surface area contributed by atoms with E-state index in [9.17, 15) is 14.7 Å². The van der Waals surface area contributed by atoms with E-state index in [1.165, 1.54) is 0 Å². The van der Waals surface area contributed by atoms with E-state index >= 15 is 0 Å². The molecule has 2 amide bonds. The number of aliphatic carboxylic acids is 1. The summed E-state index contributed by atoms with van der Waals surface area (Å²) in [5.74, 6) is 0.0433. The number of aromatic nitrogens is 3. The van der Waals surface area contributed by atoms with Crippen molar-refractivity contribution in [2.24, 2.45) is 5.92 Å². The lowest BCUT2D eigenvalue weighted by atomic mass is 9.89. The molecule has 3 atom stereocenters. The van der Waals surface area contributed by atoms with Crippen LogP contribution in [0.2, 0.25) is 0 Å². The molecule has 3 unspecified atom stereocenters. The monoisotopic (exact) mass is 293 g/mol. The number of fused-ring (bicyclic) bond motifs is 2. The van der Waals surface area contributed by atoms with Crippen molar-refractivity contribution >= 4 is 12.0 Å². The smallest absolute Gasteiger partial charge is 0.320 e. The Labute approximate surface area is 122 Å². The number of amides is 2. The van der Waals surface area contributed by atoms with Gasteiger partial charge in [-0.2, -0.15) is 5.10 Å². The summed E-state index contributed by atoms with van der Waals surface area (Å²) in [6.07, 6.45) is 2.24. The van der Waals surface area contributed by atoms with Crippen molar-refractivity contribution in [3.05, 3.63) is 11.6 Å².